The Morgan fingerprint density at radius 2 is 2.29 bits per heavy atom. The predicted molar refractivity (Wildman–Crippen MR) is 67.7 cm³/mol. The molecule has 1 aromatic rings. The fourth-order valence-electron chi connectivity index (χ4n) is 1.59. The van der Waals surface area contributed by atoms with Crippen molar-refractivity contribution >= 4 is 11.6 Å². The van der Waals surface area contributed by atoms with Crippen LogP contribution >= 0.6 is 0 Å². The minimum atomic E-state index is -0.0270. The van der Waals surface area contributed by atoms with E-state index in [2.05, 4.69) is 18.3 Å². The summed E-state index contributed by atoms with van der Waals surface area (Å²) in [6.45, 7) is 3.17. The van der Waals surface area contributed by atoms with Crippen molar-refractivity contribution in [1.82, 2.24) is 5.32 Å². The topological polar surface area (TPSA) is 56.1 Å². The maximum Gasteiger partial charge on any atom is 0.239 e. The van der Waals surface area contributed by atoms with Gasteiger partial charge in [0, 0.05) is 19.3 Å². The first-order chi connectivity index (χ1) is 8.21. The molecule has 0 bridgehead atoms. The molecule has 0 saturated carbocycles. The van der Waals surface area contributed by atoms with Gasteiger partial charge >= 0.3 is 0 Å². The SMILES string of the molecule is CCCN(CC(=O)NC)c1cccc(C#N)c1. The van der Waals surface area contributed by atoms with E-state index in [1.165, 1.54) is 0 Å². The fraction of sp³-hybridized carbons (Fsp3) is 0.385. The Bertz CT molecular complexity index is 423. The molecule has 1 rings (SSSR count). The summed E-state index contributed by atoms with van der Waals surface area (Å²) < 4.78 is 0. The highest BCUT2D eigenvalue weighted by molar-refractivity contribution is 5.81. The number of anilines is 1. The van der Waals surface area contributed by atoms with Gasteiger partial charge in [-0.1, -0.05) is 13.0 Å². The summed E-state index contributed by atoms with van der Waals surface area (Å²) in [4.78, 5) is 13.4. The summed E-state index contributed by atoms with van der Waals surface area (Å²) in [5.74, 6) is -0.0270. The highest BCUT2D eigenvalue weighted by Gasteiger charge is 2.09. The first-order valence-corrected chi connectivity index (χ1v) is 5.67. The smallest absolute Gasteiger partial charge is 0.239 e. The zero-order valence-electron chi connectivity index (χ0n) is 10.2. The lowest BCUT2D eigenvalue weighted by Crippen LogP contribution is -2.36. The van der Waals surface area contributed by atoms with Gasteiger partial charge in [0.25, 0.3) is 0 Å². The lowest BCUT2D eigenvalue weighted by Gasteiger charge is -2.23. The molecule has 17 heavy (non-hydrogen) atoms. The maximum absolute atomic E-state index is 11.4. The number of benzene rings is 1. The molecule has 0 aliphatic heterocycles. The van der Waals surface area contributed by atoms with Crippen LogP contribution in [-0.2, 0) is 4.79 Å². The van der Waals surface area contributed by atoms with Crippen molar-refractivity contribution in [3.8, 4) is 6.07 Å². The van der Waals surface area contributed by atoms with Crippen LogP contribution in [0.15, 0.2) is 24.3 Å². The number of hydrogen-bond acceptors (Lipinski definition) is 3. The first-order valence-electron chi connectivity index (χ1n) is 5.67. The quantitative estimate of drug-likeness (QED) is 0.836. The van der Waals surface area contributed by atoms with Gasteiger partial charge in [0.15, 0.2) is 0 Å². The molecule has 1 N–H and O–H groups in total. The third-order valence-corrected chi connectivity index (χ3v) is 2.45. The molecule has 4 heteroatoms. The number of nitrogens with zero attached hydrogens (tertiary/aromatic N) is 2. The molecule has 0 heterocycles. The van der Waals surface area contributed by atoms with E-state index in [0.29, 0.717) is 12.1 Å². The second-order valence-corrected chi connectivity index (χ2v) is 3.76. The van der Waals surface area contributed by atoms with Crippen molar-refractivity contribution in [3.63, 3.8) is 0 Å². The minimum Gasteiger partial charge on any atom is -0.362 e. The van der Waals surface area contributed by atoms with Crippen LogP contribution in [0, 0.1) is 11.3 Å². The zero-order chi connectivity index (χ0) is 12.7. The Morgan fingerprint density at radius 1 is 1.53 bits per heavy atom. The van der Waals surface area contributed by atoms with E-state index >= 15 is 0 Å². The molecule has 0 spiro atoms. The number of carbonyl (C=O) groups excluding carboxylic acids is 1. The average molecular weight is 231 g/mol. The van der Waals surface area contributed by atoms with Crippen LogP contribution in [0.1, 0.15) is 18.9 Å². The molecular formula is C13H17N3O. The molecule has 0 aromatic heterocycles. The molecule has 0 aliphatic rings. The van der Waals surface area contributed by atoms with Crippen LogP contribution in [0.25, 0.3) is 0 Å². The van der Waals surface area contributed by atoms with Gasteiger partial charge in [-0.2, -0.15) is 5.26 Å². The van der Waals surface area contributed by atoms with Gasteiger partial charge in [-0.15, -0.1) is 0 Å². The molecule has 90 valence electrons. The first kappa shape index (κ1) is 13.0. The van der Waals surface area contributed by atoms with E-state index in [0.717, 1.165) is 18.7 Å². The van der Waals surface area contributed by atoms with E-state index < -0.39 is 0 Å². The number of nitriles is 1. The minimum absolute atomic E-state index is 0.0270. The van der Waals surface area contributed by atoms with E-state index in [1.807, 2.05) is 17.0 Å². The second kappa shape index (κ2) is 6.54. The Hall–Kier alpha value is -2.02. The molecular weight excluding hydrogens is 214 g/mol. The van der Waals surface area contributed by atoms with Crippen molar-refractivity contribution in [2.45, 2.75) is 13.3 Å². The lowest BCUT2D eigenvalue weighted by molar-refractivity contribution is -0.119. The fourth-order valence-corrected chi connectivity index (χ4v) is 1.59. The molecule has 0 radical (unpaired) electrons. The van der Waals surface area contributed by atoms with Gasteiger partial charge in [-0.25, -0.2) is 0 Å². The van der Waals surface area contributed by atoms with E-state index in [4.69, 9.17) is 5.26 Å². The standard InChI is InChI=1S/C13H17N3O/c1-3-7-16(10-13(17)15-2)12-6-4-5-11(8-12)9-14/h4-6,8H,3,7,10H2,1-2H3,(H,15,17). The molecule has 4 nitrogen and oxygen atoms in total. The third-order valence-electron chi connectivity index (χ3n) is 2.45. The van der Waals surface area contributed by atoms with Crippen LogP contribution in [0.3, 0.4) is 0 Å². The van der Waals surface area contributed by atoms with Crippen LogP contribution in [0.4, 0.5) is 5.69 Å². The van der Waals surface area contributed by atoms with Gasteiger partial charge in [0.1, 0.15) is 0 Å². The summed E-state index contributed by atoms with van der Waals surface area (Å²) in [6.07, 6.45) is 0.952. The molecule has 1 aromatic carbocycles. The van der Waals surface area contributed by atoms with Crippen LogP contribution in [0.5, 0.6) is 0 Å². The second-order valence-electron chi connectivity index (χ2n) is 3.76. The van der Waals surface area contributed by atoms with E-state index in [-0.39, 0.29) is 5.91 Å². The van der Waals surface area contributed by atoms with E-state index in [9.17, 15) is 4.79 Å². The lowest BCUT2D eigenvalue weighted by atomic mass is 10.2. The number of rotatable bonds is 5. The summed E-state index contributed by atoms with van der Waals surface area (Å²) in [6, 6.07) is 9.42. The van der Waals surface area contributed by atoms with Gasteiger partial charge in [-0.3, -0.25) is 4.79 Å². The molecule has 0 atom stereocenters. The number of likely N-dealkylation sites (N-methyl/N-ethyl adjacent to an activating group) is 1. The number of hydrogen-bond donors (Lipinski definition) is 1. The van der Waals surface area contributed by atoms with Crippen molar-refractivity contribution in [2.75, 3.05) is 25.0 Å². The Morgan fingerprint density at radius 3 is 2.88 bits per heavy atom. The third kappa shape index (κ3) is 3.80. The van der Waals surface area contributed by atoms with Gasteiger partial charge in [0.05, 0.1) is 18.2 Å². The van der Waals surface area contributed by atoms with Crippen molar-refractivity contribution in [3.05, 3.63) is 29.8 Å². The Kier molecular flexibility index (Phi) is 5.02. The van der Waals surface area contributed by atoms with Crippen molar-refractivity contribution < 1.29 is 4.79 Å². The predicted octanol–water partition coefficient (Wildman–Crippen LogP) is 1.52. The van der Waals surface area contributed by atoms with Gasteiger partial charge in [-0.05, 0) is 24.6 Å². The van der Waals surface area contributed by atoms with Crippen LogP contribution in [-0.4, -0.2) is 26.0 Å². The van der Waals surface area contributed by atoms with Gasteiger partial charge in [0.2, 0.25) is 5.91 Å². The van der Waals surface area contributed by atoms with Crippen LogP contribution < -0.4 is 10.2 Å². The summed E-state index contributed by atoms with van der Waals surface area (Å²) in [5, 5.41) is 11.5. The number of nitrogens with one attached hydrogen (secondary N) is 1. The van der Waals surface area contributed by atoms with Crippen LogP contribution in [0.2, 0.25) is 0 Å². The Balaban J connectivity index is 2.88. The summed E-state index contributed by atoms with van der Waals surface area (Å²) in [5.41, 5.74) is 1.52. The highest BCUT2D eigenvalue weighted by Crippen LogP contribution is 2.15. The molecule has 0 aliphatic carbocycles. The monoisotopic (exact) mass is 231 g/mol. The maximum atomic E-state index is 11.4. The normalized spacial score (nSPS) is 9.47. The highest BCUT2D eigenvalue weighted by atomic mass is 16.1. The van der Waals surface area contributed by atoms with Gasteiger partial charge < -0.3 is 10.2 Å². The van der Waals surface area contributed by atoms with E-state index in [1.54, 1.807) is 19.2 Å². The van der Waals surface area contributed by atoms with Crippen molar-refractivity contribution in [2.24, 2.45) is 0 Å². The number of amides is 1. The van der Waals surface area contributed by atoms with Crippen molar-refractivity contribution in [1.29, 1.82) is 5.26 Å². The molecule has 1 amide bonds. The molecule has 0 saturated heterocycles. The summed E-state index contributed by atoms with van der Waals surface area (Å²) >= 11 is 0. The average Bonchev–Trinajstić information content (AvgIpc) is 2.38. The summed E-state index contributed by atoms with van der Waals surface area (Å²) in [7, 11) is 1.62. The Labute approximate surface area is 102 Å². The molecule has 0 unspecified atom stereocenters. The molecule has 0 fully saturated rings. The zero-order valence-corrected chi connectivity index (χ0v) is 10.2. The number of carbonyl (C=O) groups is 1. The largest absolute Gasteiger partial charge is 0.362 e.